The summed E-state index contributed by atoms with van der Waals surface area (Å²) in [5.41, 5.74) is 15.5. The quantitative estimate of drug-likeness (QED) is 0.163. The molecule has 0 aliphatic rings. The monoisotopic (exact) mass is 728 g/mol. The third-order valence-corrected chi connectivity index (χ3v) is 11.2. The highest BCUT2D eigenvalue weighted by atomic mass is 16.3. The van der Waals surface area contributed by atoms with Crippen molar-refractivity contribution in [3.05, 3.63) is 218 Å². The number of anilines is 3. The maximum Gasteiger partial charge on any atom is 0.135 e. The number of benzene rings is 9. The molecule has 0 aliphatic heterocycles. The number of fused-ring (bicyclic) bond motifs is 6. The van der Waals surface area contributed by atoms with Gasteiger partial charge in [0.2, 0.25) is 0 Å². The van der Waals surface area contributed by atoms with Crippen molar-refractivity contribution >= 4 is 60.8 Å². The molecule has 0 spiro atoms. The van der Waals surface area contributed by atoms with Gasteiger partial charge in [-0.25, -0.2) is 0 Å². The number of furan rings is 1. The van der Waals surface area contributed by atoms with Crippen LogP contribution in [0, 0.1) is 0 Å². The van der Waals surface area contributed by atoms with Crippen LogP contribution in [0.1, 0.15) is 0 Å². The summed E-state index contributed by atoms with van der Waals surface area (Å²) in [7, 11) is 0. The van der Waals surface area contributed by atoms with Gasteiger partial charge in [0, 0.05) is 38.5 Å². The van der Waals surface area contributed by atoms with E-state index in [9.17, 15) is 0 Å². The molecule has 2 heterocycles. The molecular weight excluding hydrogens is 693 g/mol. The lowest BCUT2D eigenvalue weighted by Crippen LogP contribution is -2.11. The Morgan fingerprint density at radius 3 is 1.72 bits per heavy atom. The minimum atomic E-state index is 0.875. The fourth-order valence-corrected chi connectivity index (χ4v) is 8.67. The van der Waals surface area contributed by atoms with E-state index in [2.05, 4.69) is 216 Å². The standard InChI is InChI=1S/C54H36N2O/c1-3-17-37(18-4-1)42-23-7-8-24-43(42)39-21-15-22-40(35-39)55-49-29-13-10-27-46(49)54-50(55)30-16-31-51(54)56(48-28-12-9-25-44(48)38-19-5-2-6-20-38)41-33-34-53-47(36-41)45-26-11-14-32-52(45)57-53/h1-36H. The average Bonchev–Trinajstić information content (AvgIpc) is 3.83. The van der Waals surface area contributed by atoms with Crippen LogP contribution in [0.4, 0.5) is 17.1 Å². The summed E-state index contributed by atoms with van der Waals surface area (Å²) in [6.45, 7) is 0. The smallest absolute Gasteiger partial charge is 0.135 e. The minimum absolute atomic E-state index is 0.875. The summed E-state index contributed by atoms with van der Waals surface area (Å²) in [5, 5.41) is 4.57. The number of hydrogen-bond donors (Lipinski definition) is 0. The largest absolute Gasteiger partial charge is 0.456 e. The van der Waals surface area contributed by atoms with Crippen LogP contribution in [0.3, 0.4) is 0 Å². The molecule has 268 valence electrons. The van der Waals surface area contributed by atoms with Crippen LogP contribution in [0.5, 0.6) is 0 Å². The lowest BCUT2D eigenvalue weighted by Gasteiger charge is -2.29. The second-order valence-electron chi connectivity index (χ2n) is 14.5. The highest BCUT2D eigenvalue weighted by Crippen LogP contribution is 2.47. The summed E-state index contributed by atoms with van der Waals surface area (Å²) in [6.07, 6.45) is 0. The fourth-order valence-electron chi connectivity index (χ4n) is 8.67. The summed E-state index contributed by atoms with van der Waals surface area (Å²) >= 11 is 0. The molecule has 0 atom stereocenters. The van der Waals surface area contributed by atoms with E-state index in [0.29, 0.717) is 0 Å². The van der Waals surface area contributed by atoms with Crippen molar-refractivity contribution in [2.24, 2.45) is 0 Å². The molecule has 57 heavy (non-hydrogen) atoms. The average molecular weight is 729 g/mol. The Hall–Kier alpha value is -7.62. The topological polar surface area (TPSA) is 21.3 Å². The number of rotatable bonds is 7. The van der Waals surface area contributed by atoms with Crippen molar-refractivity contribution in [3.63, 3.8) is 0 Å². The van der Waals surface area contributed by atoms with Crippen molar-refractivity contribution in [3.8, 4) is 39.1 Å². The molecule has 0 amide bonds. The van der Waals surface area contributed by atoms with Crippen LogP contribution in [0.25, 0.3) is 82.8 Å². The Balaban J connectivity index is 1.17. The molecular formula is C54H36N2O. The van der Waals surface area contributed by atoms with Crippen molar-refractivity contribution in [2.45, 2.75) is 0 Å². The first-order valence-electron chi connectivity index (χ1n) is 19.4. The second-order valence-corrected chi connectivity index (χ2v) is 14.5. The Morgan fingerprint density at radius 1 is 0.351 bits per heavy atom. The van der Waals surface area contributed by atoms with E-state index in [1.54, 1.807) is 0 Å². The molecule has 0 N–H and O–H groups in total. The summed E-state index contributed by atoms with van der Waals surface area (Å²) in [6, 6.07) is 78.2. The van der Waals surface area contributed by atoms with E-state index in [1.807, 2.05) is 12.1 Å². The van der Waals surface area contributed by atoms with Gasteiger partial charge in [0.25, 0.3) is 0 Å². The zero-order valence-corrected chi connectivity index (χ0v) is 31.1. The maximum absolute atomic E-state index is 6.32. The minimum Gasteiger partial charge on any atom is -0.456 e. The Kier molecular flexibility index (Phi) is 7.82. The highest BCUT2D eigenvalue weighted by Gasteiger charge is 2.24. The van der Waals surface area contributed by atoms with Gasteiger partial charge in [-0.1, -0.05) is 158 Å². The second kappa shape index (κ2) is 13.6. The molecule has 0 fully saturated rings. The van der Waals surface area contributed by atoms with Crippen molar-refractivity contribution in [1.82, 2.24) is 4.57 Å². The third-order valence-electron chi connectivity index (χ3n) is 11.2. The number of aromatic nitrogens is 1. The third kappa shape index (κ3) is 5.51. The molecule has 2 aromatic heterocycles. The van der Waals surface area contributed by atoms with E-state index in [-0.39, 0.29) is 0 Å². The van der Waals surface area contributed by atoms with Gasteiger partial charge in [-0.2, -0.15) is 0 Å². The van der Waals surface area contributed by atoms with Crippen LogP contribution in [-0.2, 0) is 0 Å². The van der Waals surface area contributed by atoms with Crippen LogP contribution in [0.15, 0.2) is 223 Å². The molecule has 9 aromatic carbocycles. The molecule has 0 saturated carbocycles. The fraction of sp³-hybridized carbons (Fsp3) is 0. The van der Waals surface area contributed by atoms with Crippen LogP contribution in [-0.4, -0.2) is 4.57 Å². The Labute approximate surface area is 330 Å². The van der Waals surface area contributed by atoms with Gasteiger partial charge >= 0.3 is 0 Å². The predicted molar refractivity (Wildman–Crippen MR) is 239 cm³/mol. The molecule has 0 saturated heterocycles. The van der Waals surface area contributed by atoms with Gasteiger partial charge < -0.3 is 13.9 Å². The van der Waals surface area contributed by atoms with Gasteiger partial charge in [0.05, 0.1) is 22.4 Å². The van der Waals surface area contributed by atoms with Gasteiger partial charge in [-0.05, 0) is 88.5 Å². The highest BCUT2D eigenvalue weighted by molar-refractivity contribution is 6.17. The van der Waals surface area contributed by atoms with Gasteiger partial charge in [-0.3, -0.25) is 0 Å². The molecule has 0 radical (unpaired) electrons. The van der Waals surface area contributed by atoms with Crippen molar-refractivity contribution < 1.29 is 4.42 Å². The molecule has 3 heteroatoms. The molecule has 3 nitrogen and oxygen atoms in total. The maximum atomic E-state index is 6.32. The molecule has 0 aliphatic carbocycles. The number of nitrogens with zero attached hydrogens (tertiary/aromatic N) is 2. The first-order valence-corrected chi connectivity index (χ1v) is 19.4. The van der Waals surface area contributed by atoms with Gasteiger partial charge in [0.15, 0.2) is 0 Å². The van der Waals surface area contributed by atoms with Crippen molar-refractivity contribution in [2.75, 3.05) is 4.90 Å². The Morgan fingerprint density at radius 2 is 0.912 bits per heavy atom. The summed E-state index contributed by atoms with van der Waals surface area (Å²) < 4.78 is 8.75. The zero-order valence-electron chi connectivity index (χ0n) is 31.1. The van der Waals surface area contributed by atoms with Gasteiger partial charge in [0.1, 0.15) is 11.2 Å². The lowest BCUT2D eigenvalue weighted by molar-refractivity contribution is 0.669. The van der Waals surface area contributed by atoms with Crippen LogP contribution < -0.4 is 4.90 Å². The normalized spacial score (nSPS) is 11.5. The van der Waals surface area contributed by atoms with Crippen LogP contribution >= 0.6 is 0 Å². The summed E-state index contributed by atoms with van der Waals surface area (Å²) in [5.74, 6) is 0. The molecule has 11 rings (SSSR count). The van der Waals surface area contributed by atoms with E-state index in [0.717, 1.165) is 66.8 Å². The zero-order chi connectivity index (χ0) is 37.7. The van der Waals surface area contributed by atoms with Crippen molar-refractivity contribution in [1.29, 1.82) is 0 Å². The Bertz CT molecular complexity index is 3250. The lowest BCUT2D eigenvalue weighted by atomic mass is 9.94. The van der Waals surface area contributed by atoms with E-state index < -0.39 is 0 Å². The summed E-state index contributed by atoms with van der Waals surface area (Å²) in [4.78, 5) is 2.44. The number of para-hydroxylation sites is 3. The number of hydrogen-bond acceptors (Lipinski definition) is 2. The molecule has 11 aromatic rings. The molecule has 0 unspecified atom stereocenters. The molecule has 0 bridgehead atoms. The van der Waals surface area contributed by atoms with E-state index >= 15 is 0 Å². The first kappa shape index (κ1) is 32.8. The van der Waals surface area contributed by atoms with E-state index in [4.69, 9.17) is 4.42 Å². The first-order chi connectivity index (χ1) is 28.3. The van der Waals surface area contributed by atoms with Gasteiger partial charge in [-0.15, -0.1) is 0 Å². The SMILES string of the molecule is c1ccc(-c2ccccc2-c2cccc(-n3c4ccccc4c4c(N(c5ccc6oc7ccccc7c6c5)c5ccccc5-c5ccccc5)cccc43)c2)cc1. The predicted octanol–water partition coefficient (Wildman–Crippen LogP) is 15.2. The van der Waals surface area contributed by atoms with E-state index in [1.165, 1.54) is 33.0 Å². The van der Waals surface area contributed by atoms with Crippen LogP contribution in [0.2, 0.25) is 0 Å².